The Morgan fingerprint density at radius 3 is 2.89 bits per heavy atom. The van der Waals surface area contributed by atoms with Gasteiger partial charge < -0.3 is 5.73 Å². The monoisotopic (exact) mass is 301 g/mol. The number of anilines is 1. The Kier molecular flexibility index (Phi) is 4.03. The molecule has 7 nitrogen and oxygen atoms in total. The number of aromatic nitrogens is 3. The first kappa shape index (κ1) is 13.8. The van der Waals surface area contributed by atoms with Gasteiger partial charge >= 0.3 is 0 Å². The van der Waals surface area contributed by atoms with Crippen LogP contribution in [0.2, 0.25) is 5.02 Å². The number of hydrogen-bond acceptors (Lipinski definition) is 5. The first-order chi connectivity index (χ1) is 8.99. The van der Waals surface area contributed by atoms with Gasteiger partial charge in [0.25, 0.3) is 0 Å². The molecule has 3 N–H and O–H groups in total. The van der Waals surface area contributed by atoms with E-state index in [0.717, 1.165) is 0 Å². The first-order valence-electron chi connectivity index (χ1n) is 5.38. The molecule has 0 unspecified atom stereocenters. The molecule has 0 fully saturated rings. The van der Waals surface area contributed by atoms with Gasteiger partial charge in [-0.3, -0.25) is 4.68 Å². The van der Waals surface area contributed by atoms with Gasteiger partial charge in [0.05, 0.1) is 18.4 Å². The van der Waals surface area contributed by atoms with Gasteiger partial charge in [-0.1, -0.05) is 16.8 Å². The quantitative estimate of drug-likeness (QED) is 0.782. The van der Waals surface area contributed by atoms with Crippen LogP contribution in [0.3, 0.4) is 0 Å². The number of nitrogen functional groups attached to an aromatic ring is 1. The molecule has 0 amide bonds. The highest BCUT2D eigenvalue weighted by Gasteiger charge is 2.17. The molecule has 0 aliphatic heterocycles. The summed E-state index contributed by atoms with van der Waals surface area (Å²) in [7, 11) is -3.69. The van der Waals surface area contributed by atoms with Gasteiger partial charge in [0, 0.05) is 17.8 Å². The molecule has 1 aromatic carbocycles. The Hall–Kier alpha value is -1.64. The third-order valence-corrected chi connectivity index (χ3v) is 4.12. The number of nitrogens with zero attached hydrogens (tertiary/aromatic N) is 3. The summed E-state index contributed by atoms with van der Waals surface area (Å²) in [4.78, 5) is -0.0291. The number of halogens is 1. The fraction of sp³-hybridized carbons (Fsp3) is 0.200. The average molecular weight is 302 g/mol. The van der Waals surface area contributed by atoms with Crippen molar-refractivity contribution in [2.45, 2.75) is 11.4 Å². The fourth-order valence-corrected chi connectivity index (χ4v) is 2.88. The summed E-state index contributed by atoms with van der Waals surface area (Å²) in [5, 5.41) is 7.66. The minimum atomic E-state index is -3.69. The van der Waals surface area contributed by atoms with Crippen LogP contribution in [-0.4, -0.2) is 30.0 Å². The van der Waals surface area contributed by atoms with Gasteiger partial charge in [0.15, 0.2) is 0 Å². The molecule has 2 rings (SSSR count). The molecule has 1 heterocycles. The van der Waals surface area contributed by atoms with Gasteiger partial charge in [-0.2, -0.15) is 0 Å². The van der Waals surface area contributed by atoms with Crippen LogP contribution in [0.15, 0.2) is 35.5 Å². The Balaban J connectivity index is 2.07. The van der Waals surface area contributed by atoms with E-state index in [9.17, 15) is 8.42 Å². The molecule has 2 aromatic rings. The average Bonchev–Trinajstić information content (AvgIpc) is 2.85. The van der Waals surface area contributed by atoms with E-state index in [0.29, 0.717) is 11.6 Å². The third kappa shape index (κ3) is 3.43. The van der Waals surface area contributed by atoms with Crippen molar-refractivity contribution in [3.63, 3.8) is 0 Å². The standard InChI is InChI=1S/C10H12ClN5O2S/c11-8-1-2-9(12)10(7-8)19(17,18)14-4-6-16-5-3-13-15-16/h1-3,5,7,14H,4,6,12H2. The molecule has 0 aliphatic rings. The molecule has 1 aromatic heterocycles. The van der Waals surface area contributed by atoms with Crippen molar-refractivity contribution in [3.8, 4) is 0 Å². The van der Waals surface area contributed by atoms with Crippen molar-refractivity contribution in [3.05, 3.63) is 35.6 Å². The van der Waals surface area contributed by atoms with E-state index in [1.54, 1.807) is 6.20 Å². The summed E-state index contributed by atoms with van der Waals surface area (Å²) >= 11 is 5.77. The van der Waals surface area contributed by atoms with Crippen LogP contribution in [0, 0.1) is 0 Å². The molecule has 9 heteroatoms. The van der Waals surface area contributed by atoms with Crippen LogP contribution in [0.5, 0.6) is 0 Å². The minimum absolute atomic E-state index is 0.0291. The van der Waals surface area contributed by atoms with Crippen LogP contribution >= 0.6 is 11.6 Å². The molecule has 0 aliphatic carbocycles. The molecule has 0 radical (unpaired) electrons. The first-order valence-corrected chi connectivity index (χ1v) is 7.24. The Labute approximate surface area is 115 Å². The van der Waals surface area contributed by atoms with E-state index in [4.69, 9.17) is 17.3 Å². The van der Waals surface area contributed by atoms with Crippen LogP contribution in [0.25, 0.3) is 0 Å². The largest absolute Gasteiger partial charge is 0.398 e. The minimum Gasteiger partial charge on any atom is -0.398 e. The maximum Gasteiger partial charge on any atom is 0.242 e. The SMILES string of the molecule is Nc1ccc(Cl)cc1S(=O)(=O)NCCn1ccnn1. The molecule has 0 spiro atoms. The summed E-state index contributed by atoms with van der Waals surface area (Å²) < 4.78 is 28.0. The van der Waals surface area contributed by atoms with Gasteiger partial charge in [0.1, 0.15) is 4.90 Å². The normalized spacial score (nSPS) is 11.6. The number of nitrogens with two attached hydrogens (primary N) is 1. The molecule has 19 heavy (non-hydrogen) atoms. The van der Waals surface area contributed by atoms with Gasteiger partial charge in [0.2, 0.25) is 10.0 Å². The number of nitrogens with one attached hydrogen (secondary N) is 1. The highest BCUT2D eigenvalue weighted by molar-refractivity contribution is 7.89. The second-order valence-electron chi connectivity index (χ2n) is 3.75. The lowest BCUT2D eigenvalue weighted by molar-refractivity contribution is 0.553. The molecule has 0 saturated carbocycles. The van der Waals surface area contributed by atoms with E-state index in [1.165, 1.54) is 29.1 Å². The van der Waals surface area contributed by atoms with Crippen molar-refractivity contribution in [1.82, 2.24) is 19.7 Å². The lowest BCUT2D eigenvalue weighted by Gasteiger charge is -2.09. The summed E-state index contributed by atoms with van der Waals surface area (Å²) in [6, 6.07) is 4.30. The van der Waals surface area contributed by atoms with Crippen molar-refractivity contribution >= 4 is 27.3 Å². The molecule has 0 bridgehead atoms. The van der Waals surface area contributed by atoms with Crippen LogP contribution in [0.1, 0.15) is 0 Å². The molecule has 0 saturated heterocycles. The van der Waals surface area contributed by atoms with E-state index >= 15 is 0 Å². The Bertz CT molecular complexity index is 657. The topological polar surface area (TPSA) is 103 Å². The van der Waals surface area contributed by atoms with Crippen molar-refractivity contribution in [2.24, 2.45) is 0 Å². The van der Waals surface area contributed by atoms with Gasteiger partial charge in [-0.05, 0) is 18.2 Å². The van der Waals surface area contributed by atoms with Crippen molar-refractivity contribution in [1.29, 1.82) is 0 Å². The van der Waals surface area contributed by atoms with Crippen LogP contribution in [0.4, 0.5) is 5.69 Å². The highest BCUT2D eigenvalue weighted by Crippen LogP contribution is 2.22. The number of rotatable bonds is 5. The Morgan fingerprint density at radius 2 is 2.21 bits per heavy atom. The number of benzene rings is 1. The summed E-state index contributed by atoms with van der Waals surface area (Å²) in [5.41, 5.74) is 5.79. The lowest BCUT2D eigenvalue weighted by atomic mass is 10.3. The van der Waals surface area contributed by atoms with Gasteiger partial charge in [-0.15, -0.1) is 5.10 Å². The predicted octanol–water partition coefficient (Wildman–Crippen LogP) is 0.492. The third-order valence-electron chi connectivity index (χ3n) is 2.37. The maximum absolute atomic E-state index is 12.0. The second-order valence-corrected chi connectivity index (χ2v) is 5.92. The Morgan fingerprint density at radius 1 is 1.42 bits per heavy atom. The van der Waals surface area contributed by atoms with Crippen LogP contribution < -0.4 is 10.5 Å². The summed E-state index contributed by atoms with van der Waals surface area (Å²) in [5.74, 6) is 0. The van der Waals surface area contributed by atoms with Gasteiger partial charge in [-0.25, -0.2) is 13.1 Å². The molecular formula is C10H12ClN5O2S. The number of hydrogen-bond donors (Lipinski definition) is 2. The smallest absolute Gasteiger partial charge is 0.242 e. The van der Waals surface area contributed by atoms with E-state index < -0.39 is 10.0 Å². The lowest BCUT2D eigenvalue weighted by Crippen LogP contribution is -2.28. The molecule has 102 valence electrons. The molecule has 0 atom stereocenters. The summed E-state index contributed by atoms with van der Waals surface area (Å²) in [6.07, 6.45) is 3.16. The highest BCUT2D eigenvalue weighted by atomic mass is 35.5. The predicted molar refractivity (Wildman–Crippen MR) is 71.1 cm³/mol. The van der Waals surface area contributed by atoms with Crippen molar-refractivity contribution in [2.75, 3.05) is 12.3 Å². The molecular weight excluding hydrogens is 290 g/mol. The zero-order valence-corrected chi connectivity index (χ0v) is 11.4. The van der Waals surface area contributed by atoms with E-state index in [1.807, 2.05) is 0 Å². The van der Waals surface area contributed by atoms with Crippen molar-refractivity contribution < 1.29 is 8.42 Å². The second kappa shape index (κ2) is 5.55. The van der Waals surface area contributed by atoms with E-state index in [-0.39, 0.29) is 17.1 Å². The maximum atomic E-state index is 12.0. The fourth-order valence-electron chi connectivity index (χ4n) is 1.47. The number of sulfonamides is 1. The zero-order valence-electron chi connectivity index (χ0n) is 9.82. The van der Waals surface area contributed by atoms with E-state index in [2.05, 4.69) is 15.0 Å². The van der Waals surface area contributed by atoms with Crippen LogP contribution in [-0.2, 0) is 16.6 Å². The zero-order chi connectivity index (χ0) is 13.9. The summed E-state index contributed by atoms with van der Waals surface area (Å²) in [6.45, 7) is 0.553.